The molecular weight excluding hydrogens is 1030 g/mol. The van der Waals surface area contributed by atoms with Crippen LogP contribution in [0.2, 0.25) is 0 Å². The van der Waals surface area contributed by atoms with Crippen molar-refractivity contribution in [3.8, 4) is 0 Å². The van der Waals surface area contributed by atoms with E-state index in [-0.39, 0.29) is 18.9 Å². The molecule has 0 radical (unpaired) electrons. The summed E-state index contributed by atoms with van der Waals surface area (Å²) >= 11 is 0. The number of nitrogens with one attached hydrogen (secondary N) is 1. The van der Waals surface area contributed by atoms with Crippen molar-refractivity contribution in [1.29, 1.82) is 0 Å². The third kappa shape index (κ3) is 37.6. The molecule has 0 bridgehead atoms. The molecule has 1 amide bonds. The number of unbranched alkanes of at least 4 members (excludes halogenated alkanes) is 41. The van der Waals surface area contributed by atoms with Gasteiger partial charge in [0.2, 0.25) is 5.91 Å². The van der Waals surface area contributed by atoms with Gasteiger partial charge in [-0.1, -0.05) is 289 Å². The van der Waals surface area contributed by atoms with Crippen LogP contribution in [0, 0.1) is 0 Å². The Bertz CT molecular complexity index is 1450. The van der Waals surface area contributed by atoms with Crippen LogP contribution in [0.4, 0.5) is 0 Å². The Morgan fingerprint density at radius 2 is 0.790 bits per heavy atom. The molecule has 0 aliphatic carbocycles. The summed E-state index contributed by atoms with van der Waals surface area (Å²) in [5.74, 6) is -0.244. The van der Waals surface area contributed by atoms with Gasteiger partial charge in [0.05, 0.1) is 32.0 Å². The number of amides is 1. The molecule has 2 fully saturated rings. The third-order valence-electron chi connectivity index (χ3n) is 16.9. The number of aliphatic hydroxyl groups excluding tert-OH is 8. The quantitative estimate of drug-likeness (QED) is 0.0204. The zero-order chi connectivity index (χ0) is 58.8. The molecule has 12 atom stereocenters. The largest absolute Gasteiger partial charge is 0.394 e. The average Bonchev–Trinajstić information content (AvgIpc) is 3.46. The van der Waals surface area contributed by atoms with E-state index < -0.39 is 86.8 Å². The van der Waals surface area contributed by atoms with Gasteiger partial charge in [-0.25, -0.2) is 0 Å². The van der Waals surface area contributed by atoms with E-state index in [9.17, 15) is 45.6 Å². The van der Waals surface area contributed by atoms with Crippen LogP contribution >= 0.6 is 0 Å². The molecule has 0 aromatic heterocycles. The molecule has 2 rings (SSSR count). The molecule has 0 aromatic carbocycles. The summed E-state index contributed by atoms with van der Waals surface area (Å²) in [7, 11) is 0. The standard InChI is InChI=1S/C67H127NO13/c1-3-5-7-9-11-13-15-17-19-21-22-23-24-25-26-27-28-29-30-31-32-33-34-35-36-38-40-42-44-46-48-50-56(71)55(68-59(72)51-49-47-45-43-41-39-37-20-18-16-14-12-10-8-6-4-2)54-78-66-64(77)62(75)65(58(53-70)80-66)81-67-63(76)61(74)60(73)57(52-69)79-67/h40,42,48,50,55-58,60-67,69-71,73-77H,3-39,41,43-47,49,51-54H2,1-2H3,(H,68,72)/b42-40+,50-48+. The Hall–Kier alpha value is -1.53. The van der Waals surface area contributed by atoms with E-state index in [1.807, 2.05) is 6.08 Å². The number of hydrogen-bond donors (Lipinski definition) is 9. The molecule has 0 aromatic rings. The highest BCUT2D eigenvalue weighted by molar-refractivity contribution is 5.76. The van der Waals surface area contributed by atoms with Crippen LogP contribution in [-0.2, 0) is 23.7 Å². The van der Waals surface area contributed by atoms with Gasteiger partial charge in [-0.15, -0.1) is 0 Å². The lowest BCUT2D eigenvalue weighted by atomic mass is 9.97. The summed E-state index contributed by atoms with van der Waals surface area (Å²) < 4.78 is 22.8. The number of carbonyl (C=O) groups is 1. The van der Waals surface area contributed by atoms with Crippen molar-refractivity contribution in [3.05, 3.63) is 24.3 Å². The van der Waals surface area contributed by atoms with Crippen molar-refractivity contribution in [2.75, 3.05) is 19.8 Å². The van der Waals surface area contributed by atoms with E-state index in [1.54, 1.807) is 6.08 Å². The fraction of sp³-hybridized carbons (Fsp3) is 0.925. The first-order chi connectivity index (χ1) is 39.6. The van der Waals surface area contributed by atoms with Crippen LogP contribution in [0.5, 0.6) is 0 Å². The van der Waals surface area contributed by atoms with Crippen molar-refractivity contribution < 1.29 is 64.6 Å². The minimum absolute atomic E-state index is 0.244. The van der Waals surface area contributed by atoms with Crippen LogP contribution in [0.3, 0.4) is 0 Å². The molecule has 2 heterocycles. The first-order valence-electron chi connectivity index (χ1n) is 34.1. The van der Waals surface area contributed by atoms with Gasteiger partial charge in [-0.2, -0.15) is 0 Å². The lowest BCUT2D eigenvalue weighted by Gasteiger charge is -2.46. The molecular formula is C67H127NO13. The lowest BCUT2D eigenvalue weighted by molar-refractivity contribution is -0.359. The summed E-state index contributed by atoms with van der Waals surface area (Å²) in [5.41, 5.74) is 0. The summed E-state index contributed by atoms with van der Waals surface area (Å²) in [6.07, 6.45) is 48.2. The van der Waals surface area contributed by atoms with E-state index in [0.717, 1.165) is 32.1 Å². The van der Waals surface area contributed by atoms with Gasteiger partial charge >= 0.3 is 0 Å². The fourth-order valence-electron chi connectivity index (χ4n) is 11.4. The van der Waals surface area contributed by atoms with Gasteiger partial charge in [0.1, 0.15) is 48.8 Å². The summed E-state index contributed by atoms with van der Waals surface area (Å²) in [4.78, 5) is 13.3. The van der Waals surface area contributed by atoms with E-state index in [4.69, 9.17) is 18.9 Å². The molecule has 0 spiro atoms. The van der Waals surface area contributed by atoms with E-state index in [1.165, 1.54) is 238 Å². The summed E-state index contributed by atoms with van der Waals surface area (Å²) in [6.45, 7) is 2.82. The second kappa shape index (κ2) is 52.8. The minimum Gasteiger partial charge on any atom is -0.394 e. The maximum absolute atomic E-state index is 13.3. The van der Waals surface area contributed by atoms with Gasteiger partial charge in [0, 0.05) is 6.42 Å². The predicted molar refractivity (Wildman–Crippen MR) is 328 cm³/mol. The van der Waals surface area contributed by atoms with Crippen LogP contribution in [0.25, 0.3) is 0 Å². The number of allylic oxidation sites excluding steroid dienone is 3. The molecule has 2 aliphatic rings. The molecule has 12 unspecified atom stereocenters. The average molecular weight is 1150 g/mol. The van der Waals surface area contributed by atoms with Crippen LogP contribution in [-0.4, -0.2) is 140 Å². The normalized spacial score (nSPS) is 24.2. The Kier molecular flexibility index (Phi) is 49.2. The second-order valence-corrected chi connectivity index (χ2v) is 24.3. The van der Waals surface area contributed by atoms with Crippen molar-refractivity contribution in [2.45, 2.75) is 376 Å². The Morgan fingerprint density at radius 1 is 0.432 bits per heavy atom. The number of ether oxygens (including phenoxy) is 4. The molecule has 14 nitrogen and oxygen atoms in total. The molecule has 14 heteroatoms. The first kappa shape index (κ1) is 75.6. The zero-order valence-electron chi connectivity index (χ0n) is 51.8. The topological polar surface area (TPSA) is 228 Å². The third-order valence-corrected chi connectivity index (χ3v) is 16.9. The number of aliphatic hydroxyl groups is 8. The monoisotopic (exact) mass is 1150 g/mol. The van der Waals surface area contributed by atoms with E-state index >= 15 is 0 Å². The number of hydrogen-bond acceptors (Lipinski definition) is 13. The molecule has 0 saturated carbocycles. The number of carbonyl (C=O) groups excluding carboxylic acids is 1. The van der Waals surface area contributed by atoms with E-state index in [2.05, 4.69) is 31.3 Å². The smallest absolute Gasteiger partial charge is 0.220 e. The summed E-state index contributed by atoms with van der Waals surface area (Å²) in [5, 5.41) is 87.3. The predicted octanol–water partition coefficient (Wildman–Crippen LogP) is 13.2. The molecule has 2 aliphatic heterocycles. The Morgan fingerprint density at radius 3 is 1.21 bits per heavy atom. The van der Waals surface area contributed by atoms with Crippen molar-refractivity contribution in [2.24, 2.45) is 0 Å². The lowest BCUT2D eigenvalue weighted by Crippen LogP contribution is -2.65. The molecule has 2 saturated heterocycles. The summed E-state index contributed by atoms with van der Waals surface area (Å²) in [6, 6.07) is -0.928. The van der Waals surface area contributed by atoms with Crippen LogP contribution in [0.15, 0.2) is 24.3 Å². The minimum atomic E-state index is -1.79. The van der Waals surface area contributed by atoms with Gasteiger partial charge < -0.3 is 65.1 Å². The fourth-order valence-corrected chi connectivity index (χ4v) is 11.4. The second-order valence-electron chi connectivity index (χ2n) is 24.3. The molecule has 9 N–H and O–H groups in total. The van der Waals surface area contributed by atoms with Crippen molar-refractivity contribution >= 4 is 5.91 Å². The highest BCUT2D eigenvalue weighted by Gasteiger charge is 2.51. The van der Waals surface area contributed by atoms with Crippen molar-refractivity contribution in [3.63, 3.8) is 0 Å². The van der Waals surface area contributed by atoms with E-state index in [0.29, 0.717) is 12.8 Å². The Labute approximate surface area is 494 Å². The SMILES string of the molecule is CCCCCCCCCCCCCCCCCCCCCCCCCCC/C=C/CC/C=C/C(O)C(COC1OC(CO)C(OC2OC(CO)C(O)C(O)C2O)C(O)C1O)NC(=O)CCCCCCCCCCCCCCCCCC. The maximum Gasteiger partial charge on any atom is 0.220 e. The first-order valence-corrected chi connectivity index (χ1v) is 34.1. The number of rotatable bonds is 56. The van der Waals surface area contributed by atoms with Gasteiger partial charge in [0.25, 0.3) is 0 Å². The van der Waals surface area contributed by atoms with Crippen LogP contribution in [0.1, 0.15) is 303 Å². The van der Waals surface area contributed by atoms with Gasteiger partial charge in [-0.05, 0) is 32.1 Å². The van der Waals surface area contributed by atoms with Crippen LogP contribution < -0.4 is 5.32 Å². The molecule has 478 valence electrons. The highest BCUT2D eigenvalue weighted by atomic mass is 16.7. The zero-order valence-corrected chi connectivity index (χ0v) is 51.8. The highest BCUT2D eigenvalue weighted by Crippen LogP contribution is 2.30. The molecule has 81 heavy (non-hydrogen) atoms. The maximum atomic E-state index is 13.3. The van der Waals surface area contributed by atoms with Crippen molar-refractivity contribution in [1.82, 2.24) is 5.32 Å². The van der Waals surface area contributed by atoms with Gasteiger partial charge in [-0.3, -0.25) is 4.79 Å². The van der Waals surface area contributed by atoms with Gasteiger partial charge in [0.15, 0.2) is 12.6 Å². The Balaban J connectivity index is 1.68.